The fraction of sp³-hybridized carbons (Fsp3) is 0.429. The normalized spacial score (nSPS) is 11.1. The van der Waals surface area contributed by atoms with E-state index in [1.54, 1.807) is 0 Å². The topological polar surface area (TPSA) is 64.9 Å². The minimum Gasteiger partial charge on any atom is -0.334 e. The quantitative estimate of drug-likeness (QED) is 0.763. The average molecular weight is 190 g/mol. The molecule has 0 atom stereocenters. The van der Waals surface area contributed by atoms with Gasteiger partial charge in [-0.3, -0.25) is 0 Å². The van der Waals surface area contributed by atoms with E-state index in [0.29, 0.717) is 18.3 Å². The molecule has 0 fully saturated rings. The van der Waals surface area contributed by atoms with Gasteiger partial charge in [-0.2, -0.15) is 4.98 Å². The Morgan fingerprint density at radius 1 is 1.67 bits per heavy atom. The standard InChI is InChI=1S/C7H11N3O.ClH/c1-3-5(2)7-9-6(4-8)10-11-7;/h3H,4,8H2,1-2H3;1H/b5-3-;. The van der Waals surface area contributed by atoms with Crippen LogP contribution < -0.4 is 5.73 Å². The number of rotatable bonds is 2. The summed E-state index contributed by atoms with van der Waals surface area (Å²) in [5.74, 6) is 1.09. The third-order valence-electron chi connectivity index (χ3n) is 1.42. The van der Waals surface area contributed by atoms with Gasteiger partial charge in [-0.1, -0.05) is 11.2 Å². The Bertz CT molecular complexity index is 269. The van der Waals surface area contributed by atoms with Gasteiger partial charge in [-0.05, 0) is 13.8 Å². The second kappa shape index (κ2) is 4.90. The van der Waals surface area contributed by atoms with E-state index in [2.05, 4.69) is 10.1 Å². The molecule has 12 heavy (non-hydrogen) atoms. The maximum atomic E-state index is 5.30. The SMILES string of the molecule is C/C=C(/C)c1nc(CN)no1.Cl. The molecule has 4 nitrogen and oxygen atoms in total. The molecule has 0 saturated heterocycles. The Morgan fingerprint density at radius 3 is 2.75 bits per heavy atom. The van der Waals surface area contributed by atoms with Gasteiger partial charge in [0.05, 0.1) is 6.54 Å². The molecule has 1 heterocycles. The van der Waals surface area contributed by atoms with Crippen LogP contribution >= 0.6 is 12.4 Å². The van der Waals surface area contributed by atoms with E-state index in [1.807, 2.05) is 19.9 Å². The number of allylic oxidation sites excluding steroid dienone is 2. The van der Waals surface area contributed by atoms with E-state index in [4.69, 9.17) is 10.3 Å². The largest absolute Gasteiger partial charge is 0.334 e. The zero-order valence-corrected chi connectivity index (χ0v) is 7.89. The third-order valence-corrected chi connectivity index (χ3v) is 1.42. The minimum atomic E-state index is 0. The van der Waals surface area contributed by atoms with Crippen LogP contribution in [-0.4, -0.2) is 10.1 Å². The van der Waals surface area contributed by atoms with Crippen molar-refractivity contribution in [3.05, 3.63) is 17.8 Å². The predicted molar refractivity (Wildman–Crippen MR) is 48.8 cm³/mol. The van der Waals surface area contributed by atoms with Crippen LogP contribution in [0.4, 0.5) is 0 Å². The lowest BCUT2D eigenvalue weighted by Crippen LogP contribution is -1.97. The summed E-state index contributed by atoms with van der Waals surface area (Å²) in [5.41, 5.74) is 6.27. The van der Waals surface area contributed by atoms with Crippen molar-refractivity contribution in [3.8, 4) is 0 Å². The summed E-state index contributed by atoms with van der Waals surface area (Å²) >= 11 is 0. The first kappa shape index (κ1) is 11.1. The molecule has 2 N–H and O–H groups in total. The highest BCUT2D eigenvalue weighted by Gasteiger charge is 2.04. The van der Waals surface area contributed by atoms with Crippen molar-refractivity contribution in [3.63, 3.8) is 0 Å². The first-order valence-electron chi connectivity index (χ1n) is 3.44. The van der Waals surface area contributed by atoms with Gasteiger partial charge in [0.25, 0.3) is 5.89 Å². The highest BCUT2D eigenvalue weighted by atomic mass is 35.5. The Kier molecular flexibility index (Phi) is 4.54. The summed E-state index contributed by atoms with van der Waals surface area (Å²) in [5, 5.41) is 3.65. The van der Waals surface area contributed by atoms with Crippen molar-refractivity contribution in [1.29, 1.82) is 0 Å². The van der Waals surface area contributed by atoms with Crippen molar-refractivity contribution < 1.29 is 4.52 Å². The van der Waals surface area contributed by atoms with Crippen LogP contribution in [0.1, 0.15) is 25.6 Å². The molecule has 1 aromatic rings. The summed E-state index contributed by atoms with van der Waals surface area (Å²) in [7, 11) is 0. The second-order valence-corrected chi connectivity index (χ2v) is 2.19. The van der Waals surface area contributed by atoms with Crippen molar-refractivity contribution >= 4 is 18.0 Å². The van der Waals surface area contributed by atoms with E-state index in [9.17, 15) is 0 Å². The van der Waals surface area contributed by atoms with Crippen molar-refractivity contribution in [2.24, 2.45) is 5.73 Å². The minimum absolute atomic E-state index is 0. The number of hydrogen-bond donors (Lipinski definition) is 1. The molecule has 0 unspecified atom stereocenters. The molecule has 0 amide bonds. The highest BCUT2D eigenvalue weighted by Crippen LogP contribution is 2.09. The molecule has 5 heteroatoms. The maximum absolute atomic E-state index is 5.30. The monoisotopic (exact) mass is 189 g/mol. The summed E-state index contributed by atoms with van der Waals surface area (Å²) in [6.45, 7) is 4.15. The Labute approximate surface area is 77.2 Å². The zero-order chi connectivity index (χ0) is 8.27. The van der Waals surface area contributed by atoms with E-state index in [1.165, 1.54) is 0 Å². The van der Waals surface area contributed by atoms with Crippen LogP contribution in [0.5, 0.6) is 0 Å². The van der Waals surface area contributed by atoms with E-state index < -0.39 is 0 Å². The highest BCUT2D eigenvalue weighted by molar-refractivity contribution is 5.85. The van der Waals surface area contributed by atoms with Gasteiger partial charge in [0.15, 0.2) is 5.82 Å². The van der Waals surface area contributed by atoms with Gasteiger partial charge in [-0.15, -0.1) is 12.4 Å². The van der Waals surface area contributed by atoms with E-state index in [0.717, 1.165) is 5.57 Å². The molecule has 0 saturated carbocycles. The summed E-state index contributed by atoms with van der Waals surface area (Å²) in [4.78, 5) is 4.03. The molecule has 0 aliphatic rings. The fourth-order valence-electron chi connectivity index (χ4n) is 0.621. The van der Waals surface area contributed by atoms with E-state index >= 15 is 0 Å². The molecule has 0 radical (unpaired) electrons. The molecule has 1 aromatic heterocycles. The van der Waals surface area contributed by atoms with Gasteiger partial charge >= 0.3 is 0 Å². The first-order valence-corrected chi connectivity index (χ1v) is 3.44. The number of aromatic nitrogens is 2. The fourth-order valence-corrected chi connectivity index (χ4v) is 0.621. The average Bonchev–Trinajstić information content (AvgIpc) is 2.50. The molecule has 68 valence electrons. The van der Waals surface area contributed by atoms with Crippen LogP contribution in [0.15, 0.2) is 10.6 Å². The summed E-state index contributed by atoms with van der Waals surface area (Å²) in [6.07, 6.45) is 1.91. The molecule has 0 aliphatic heterocycles. The molecule has 0 aliphatic carbocycles. The van der Waals surface area contributed by atoms with Gasteiger partial charge in [0, 0.05) is 5.57 Å². The second-order valence-electron chi connectivity index (χ2n) is 2.19. The molecule has 0 spiro atoms. The summed E-state index contributed by atoms with van der Waals surface area (Å²) < 4.78 is 4.90. The Hall–Kier alpha value is -0.870. The lowest BCUT2D eigenvalue weighted by Gasteiger charge is -1.86. The molecular weight excluding hydrogens is 178 g/mol. The van der Waals surface area contributed by atoms with Crippen LogP contribution in [0.2, 0.25) is 0 Å². The van der Waals surface area contributed by atoms with Crippen LogP contribution in [0, 0.1) is 0 Å². The molecule has 0 aromatic carbocycles. The van der Waals surface area contributed by atoms with Crippen molar-refractivity contribution in [2.45, 2.75) is 20.4 Å². The number of halogens is 1. The predicted octanol–water partition coefficient (Wildman–Crippen LogP) is 1.37. The summed E-state index contributed by atoms with van der Waals surface area (Å²) in [6, 6.07) is 0. The smallest absolute Gasteiger partial charge is 0.253 e. The Morgan fingerprint density at radius 2 is 2.33 bits per heavy atom. The number of nitrogens with two attached hydrogens (primary N) is 1. The van der Waals surface area contributed by atoms with Crippen molar-refractivity contribution in [2.75, 3.05) is 0 Å². The lowest BCUT2D eigenvalue weighted by atomic mass is 10.3. The van der Waals surface area contributed by atoms with Gasteiger partial charge in [-0.25, -0.2) is 0 Å². The maximum Gasteiger partial charge on any atom is 0.253 e. The lowest BCUT2D eigenvalue weighted by molar-refractivity contribution is 0.400. The zero-order valence-electron chi connectivity index (χ0n) is 7.07. The third kappa shape index (κ3) is 2.32. The van der Waals surface area contributed by atoms with E-state index in [-0.39, 0.29) is 12.4 Å². The number of hydrogen-bond acceptors (Lipinski definition) is 4. The number of nitrogens with zero attached hydrogens (tertiary/aromatic N) is 2. The van der Waals surface area contributed by atoms with Crippen LogP contribution in [0.25, 0.3) is 5.57 Å². The van der Waals surface area contributed by atoms with Crippen LogP contribution in [0.3, 0.4) is 0 Å². The van der Waals surface area contributed by atoms with Gasteiger partial charge < -0.3 is 10.3 Å². The molecular formula is C7H12ClN3O. The van der Waals surface area contributed by atoms with Crippen LogP contribution in [-0.2, 0) is 6.54 Å². The molecule has 0 bridgehead atoms. The molecule has 1 rings (SSSR count). The first-order chi connectivity index (χ1) is 5.27. The Balaban J connectivity index is 0.00000121. The van der Waals surface area contributed by atoms with Crippen molar-refractivity contribution in [1.82, 2.24) is 10.1 Å². The van der Waals surface area contributed by atoms with Gasteiger partial charge in [0.1, 0.15) is 0 Å². The van der Waals surface area contributed by atoms with Gasteiger partial charge in [0.2, 0.25) is 0 Å².